The second kappa shape index (κ2) is 8.30. The number of carbonyl (C=O) groups is 2. The van der Waals surface area contributed by atoms with E-state index in [-0.39, 0.29) is 17.5 Å². The molecule has 0 aliphatic rings. The molecule has 0 spiro atoms. The molecule has 3 aromatic rings. The Labute approximate surface area is 163 Å². The Bertz CT molecular complexity index is 995. The zero-order valence-corrected chi connectivity index (χ0v) is 15.9. The summed E-state index contributed by atoms with van der Waals surface area (Å²) in [6.07, 6.45) is 0. The second-order valence-corrected chi connectivity index (χ2v) is 6.41. The number of anilines is 4. The van der Waals surface area contributed by atoms with Gasteiger partial charge in [0.25, 0.3) is 5.91 Å². The number of hydrogen-bond donors (Lipinski definition) is 3. The van der Waals surface area contributed by atoms with Crippen LogP contribution in [0.25, 0.3) is 0 Å². The standard InChI is InChI=1S/C21H21N5O2/c1-13-6-4-7-14(2)20(13)24-21(28)18-10-11-19(26-25-18)23-17-9-5-8-16(12-17)22-15(3)27/h4-12H,1-3H3,(H,22,27)(H,23,26)(H,24,28). The highest BCUT2D eigenvalue weighted by molar-refractivity contribution is 6.03. The number of benzene rings is 2. The van der Waals surface area contributed by atoms with Crippen LogP contribution in [0, 0.1) is 13.8 Å². The third-order valence-electron chi connectivity index (χ3n) is 4.07. The predicted octanol–water partition coefficient (Wildman–Crippen LogP) is 4.05. The summed E-state index contributed by atoms with van der Waals surface area (Å²) in [6.45, 7) is 5.33. The van der Waals surface area contributed by atoms with Crippen molar-refractivity contribution in [1.82, 2.24) is 10.2 Å². The van der Waals surface area contributed by atoms with Gasteiger partial charge in [0.05, 0.1) is 0 Å². The number of aromatic nitrogens is 2. The van der Waals surface area contributed by atoms with Gasteiger partial charge in [-0.2, -0.15) is 0 Å². The summed E-state index contributed by atoms with van der Waals surface area (Å²) in [6, 6.07) is 16.3. The Balaban J connectivity index is 1.70. The normalized spacial score (nSPS) is 10.2. The van der Waals surface area contributed by atoms with Crippen LogP contribution < -0.4 is 16.0 Å². The number of nitrogens with zero attached hydrogens (tertiary/aromatic N) is 2. The molecule has 1 heterocycles. The number of carbonyl (C=O) groups excluding carboxylic acids is 2. The highest BCUT2D eigenvalue weighted by Crippen LogP contribution is 2.21. The fraction of sp³-hybridized carbons (Fsp3) is 0.143. The minimum absolute atomic E-state index is 0.142. The molecular formula is C21H21N5O2. The largest absolute Gasteiger partial charge is 0.339 e. The zero-order chi connectivity index (χ0) is 20.1. The topological polar surface area (TPSA) is 96.0 Å². The van der Waals surface area contributed by atoms with E-state index in [0.717, 1.165) is 22.5 Å². The van der Waals surface area contributed by atoms with E-state index in [1.165, 1.54) is 6.92 Å². The van der Waals surface area contributed by atoms with Crippen LogP contribution in [-0.2, 0) is 4.79 Å². The molecule has 7 nitrogen and oxygen atoms in total. The van der Waals surface area contributed by atoms with Gasteiger partial charge in [-0.15, -0.1) is 10.2 Å². The molecule has 3 rings (SSSR count). The molecule has 1 aromatic heterocycles. The molecule has 2 aromatic carbocycles. The highest BCUT2D eigenvalue weighted by Gasteiger charge is 2.11. The average molecular weight is 375 g/mol. The van der Waals surface area contributed by atoms with Crippen molar-refractivity contribution in [3.8, 4) is 0 Å². The maximum atomic E-state index is 12.5. The minimum atomic E-state index is -0.316. The molecular weight excluding hydrogens is 354 g/mol. The lowest BCUT2D eigenvalue weighted by Crippen LogP contribution is -2.16. The fourth-order valence-corrected chi connectivity index (χ4v) is 2.74. The first kappa shape index (κ1) is 19.0. The number of aryl methyl sites for hydroxylation is 2. The zero-order valence-electron chi connectivity index (χ0n) is 15.9. The Hall–Kier alpha value is -3.74. The molecule has 28 heavy (non-hydrogen) atoms. The molecule has 0 saturated carbocycles. The summed E-state index contributed by atoms with van der Waals surface area (Å²) in [5, 5.41) is 16.8. The van der Waals surface area contributed by atoms with Crippen molar-refractivity contribution in [2.75, 3.05) is 16.0 Å². The van der Waals surface area contributed by atoms with Gasteiger partial charge in [0.1, 0.15) is 0 Å². The van der Waals surface area contributed by atoms with E-state index in [0.29, 0.717) is 11.5 Å². The molecule has 0 aliphatic heterocycles. The number of para-hydroxylation sites is 1. The quantitative estimate of drug-likeness (QED) is 0.625. The first-order chi connectivity index (χ1) is 13.4. The lowest BCUT2D eigenvalue weighted by atomic mass is 10.1. The molecule has 142 valence electrons. The van der Waals surface area contributed by atoms with Gasteiger partial charge >= 0.3 is 0 Å². The fourth-order valence-electron chi connectivity index (χ4n) is 2.74. The first-order valence-corrected chi connectivity index (χ1v) is 8.78. The third-order valence-corrected chi connectivity index (χ3v) is 4.07. The molecule has 2 amide bonds. The van der Waals surface area contributed by atoms with E-state index in [1.807, 2.05) is 44.2 Å². The van der Waals surface area contributed by atoms with Gasteiger partial charge in [0.2, 0.25) is 5.91 Å². The molecule has 3 N–H and O–H groups in total. The molecule has 0 bridgehead atoms. The Morgan fingerprint density at radius 2 is 1.50 bits per heavy atom. The number of hydrogen-bond acceptors (Lipinski definition) is 5. The van der Waals surface area contributed by atoms with E-state index in [9.17, 15) is 9.59 Å². The average Bonchev–Trinajstić information content (AvgIpc) is 2.65. The summed E-state index contributed by atoms with van der Waals surface area (Å²) in [5.41, 5.74) is 4.40. The van der Waals surface area contributed by atoms with Crippen LogP contribution in [-0.4, -0.2) is 22.0 Å². The van der Waals surface area contributed by atoms with Gasteiger partial charge in [-0.1, -0.05) is 24.3 Å². The van der Waals surface area contributed by atoms with Gasteiger partial charge < -0.3 is 16.0 Å². The molecule has 0 unspecified atom stereocenters. The Morgan fingerprint density at radius 3 is 2.14 bits per heavy atom. The van der Waals surface area contributed by atoms with Gasteiger partial charge in [-0.3, -0.25) is 9.59 Å². The van der Waals surface area contributed by atoms with Crippen molar-refractivity contribution in [2.24, 2.45) is 0 Å². The Morgan fingerprint density at radius 1 is 0.821 bits per heavy atom. The van der Waals surface area contributed by atoms with E-state index in [1.54, 1.807) is 24.3 Å². The molecule has 7 heteroatoms. The summed E-state index contributed by atoms with van der Waals surface area (Å²) in [4.78, 5) is 23.6. The summed E-state index contributed by atoms with van der Waals surface area (Å²) >= 11 is 0. The van der Waals surface area contributed by atoms with Crippen molar-refractivity contribution in [3.05, 3.63) is 71.4 Å². The Kier molecular flexibility index (Phi) is 5.64. The van der Waals surface area contributed by atoms with Gasteiger partial charge in [-0.05, 0) is 55.3 Å². The van der Waals surface area contributed by atoms with E-state index in [4.69, 9.17) is 0 Å². The molecule has 0 fully saturated rings. The number of amides is 2. The highest BCUT2D eigenvalue weighted by atomic mass is 16.2. The molecule has 0 aliphatic carbocycles. The van der Waals surface area contributed by atoms with Gasteiger partial charge in [0.15, 0.2) is 11.5 Å². The van der Waals surface area contributed by atoms with Crippen LogP contribution in [0.1, 0.15) is 28.5 Å². The maximum absolute atomic E-state index is 12.5. The lowest BCUT2D eigenvalue weighted by molar-refractivity contribution is -0.114. The summed E-state index contributed by atoms with van der Waals surface area (Å²) < 4.78 is 0. The summed E-state index contributed by atoms with van der Waals surface area (Å²) in [5.74, 6) is 0.0314. The molecule has 0 saturated heterocycles. The van der Waals surface area contributed by atoms with Crippen molar-refractivity contribution < 1.29 is 9.59 Å². The third kappa shape index (κ3) is 4.70. The van der Waals surface area contributed by atoms with Crippen LogP contribution in [0.15, 0.2) is 54.6 Å². The van der Waals surface area contributed by atoms with Crippen LogP contribution >= 0.6 is 0 Å². The lowest BCUT2D eigenvalue weighted by Gasteiger charge is -2.11. The van der Waals surface area contributed by atoms with E-state index >= 15 is 0 Å². The smallest absolute Gasteiger partial charge is 0.276 e. The number of nitrogens with one attached hydrogen (secondary N) is 3. The van der Waals surface area contributed by atoms with Gasteiger partial charge in [0, 0.05) is 24.0 Å². The predicted molar refractivity (Wildman–Crippen MR) is 110 cm³/mol. The van der Waals surface area contributed by atoms with Gasteiger partial charge in [-0.25, -0.2) is 0 Å². The van der Waals surface area contributed by atoms with Crippen molar-refractivity contribution in [1.29, 1.82) is 0 Å². The van der Waals surface area contributed by atoms with Crippen molar-refractivity contribution >= 4 is 34.7 Å². The molecule has 0 atom stereocenters. The van der Waals surface area contributed by atoms with E-state index < -0.39 is 0 Å². The minimum Gasteiger partial charge on any atom is -0.339 e. The maximum Gasteiger partial charge on any atom is 0.276 e. The van der Waals surface area contributed by atoms with Crippen molar-refractivity contribution in [3.63, 3.8) is 0 Å². The number of rotatable bonds is 5. The summed E-state index contributed by atoms with van der Waals surface area (Å²) in [7, 11) is 0. The molecule has 0 radical (unpaired) electrons. The second-order valence-electron chi connectivity index (χ2n) is 6.41. The van der Waals surface area contributed by atoms with E-state index in [2.05, 4.69) is 26.1 Å². The van der Waals surface area contributed by atoms with Crippen LogP contribution in [0.4, 0.5) is 22.9 Å². The van der Waals surface area contributed by atoms with Crippen molar-refractivity contribution in [2.45, 2.75) is 20.8 Å². The monoisotopic (exact) mass is 375 g/mol. The van der Waals surface area contributed by atoms with Crippen LogP contribution in [0.3, 0.4) is 0 Å². The van der Waals surface area contributed by atoms with Crippen LogP contribution in [0.2, 0.25) is 0 Å². The van der Waals surface area contributed by atoms with Crippen LogP contribution in [0.5, 0.6) is 0 Å². The first-order valence-electron chi connectivity index (χ1n) is 8.78. The SMILES string of the molecule is CC(=O)Nc1cccc(Nc2ccc(C(=O)Nc3c(C)cccc3C)nn2)c1.